The van der Waals surface area contributed by atoms with Crippen molar-refractivity contribution in [3.05, 3.63) is 47.2 Å². The molecule has 3 rings (SSSR count). The predicted molar refractivity (Wildman–Crippen MR) is 77.1 cm³/mol. The van der Waals surface area contributed by atoms with E-state index in [1.807, 2.05) is 18.2 Å². The molecule has 1 aromatic carbocycles. The molecule has 1 aromatic heterocycles. The summed E-state index contributed by atoms with van der Waals surface area (Å²) in [5.74, 6) is 0.687. The Morgan fingerprint density at radius 1 is 1.26 bits per heavy atom. The minimum absolute atomic E-state index is 0.517. The first kappa shape index (κ1) is 12.5. The van der Waals surface area contributed by atoms with Gasteiger partial charge >= 0.3 is 0 Å². The summed E-state index contributed by atoms with van der Waals surface area (Å²) in [7, 11) is 0. The van der Waals surface area contributed by atoms with E-state index in [1.54, 1.807) is 0 Å². The summed E-state index contributed by atoms with van der Waals surface area (Å²) in [6.45, 7) is 2.06. The molecule has 0 radical (unpaired) electrons. The molecule has 1 aliphatic carbocycles. The zero-order valence-electron chi connectivity index (χ0n) is 11.4. The van der Waals surface area contributed by atoms with E-state index in [0.29, 0.717) is 12.2 Å². The quantitative estimate of drug-likeness (QED) is 0.810. The van der Waals surface area contributed by atoms with Crippen LogP contribution in [0.2, 0.25) is 0 Å². The molecule has 0 saturated heterocycles. The van der Waals surface area contributed by atoms with Crippen LogP contribution in [0.1, 0.15) is 49.5 Å². The van der Waals surface area contributed by atoms with Crippen molar-refractivity contribution < 1.29 is 9.52 Å². The fourth-order valence-corrected chi connectivity index (χ4v) is 2.79. The Morgan fingerprint density at radius 2 is 2.16 bits per heavy atom. The maximum absolute atomic E-state index is 10.3. The Morgan fingerprint density at radius 3 is 2.95 bits per heavy atom. The van der Waals surface area contributed by atoms with Crippen molar-refractivity contribution in [3.8, 4) is 0 Å². The number of aryl methyl sites for hydroxylation is 1. The highest BCUT2D eigenvalue weighted by Gasteiger charge is 2.16. The number of furan rings is 1. The minimum atomic E-state index is -0.517. The average molecular weight is 256 g/mol. The van der Waals surface area contributed by atoms with Crippen molar-refractivity contribution in [2.45, 2.75) is 45.1 Å². The van der Waals surface area contributed by atoms with Crippen LogP contribution in [0.25, 0.3) is 11.0 Å². The van der Waals surface area contributed by atoms with Crippen LogP contribution in [0, 0.1) is 6.92 Å². The Labute approximate surface area is 113 Å². The first-order chi connectivity index (χ1) is 9.22. The third-order valence-electron chi connectivity index (χ3n) is 3.86. The van der Waals surface area contributed by atoms with Crippen molar-refractivity contribution >= 4 is 11.0 Å². The van der Waals surface area contributed by atoms with Crippen molar-refractivity contribution in [2.75, 3.05) is 0 Å². The minimum Gasteiger partial charge on any atom is -0.458 e. The molecule has 0 aliphatic heterocycles. The standard InChI is InChI=1S/C17H20O2/c1-12-7-8-16-14(9-12)11-17(19-16)15(18)10-13-5-3-2-4-6-13/h5,7-9,11,15,18H,2-4,6,10H2,1H3. The molecule has 1 atom stereocenters. The van der Waals surface area contributed by atoms with Gasteiger partial charge in [0.25, 0.3) is 0 Å². The zero-order valence-corrected chi connectivity index (χ0v) is 11.4. The molecule has 0 spiro atoms. The maximum atomic E-state index is 10.3. The summed E-state index contributed by atoms with van der Waals surface area (Å²) in [6.07, 6.45) is 7.27. The van der Waals surface area contributed by atoms with E-state index in [2.05, 4.69) is 19.1 Å². The van der Waals surface area contributed by atoms with E-state index in [4.69, 9.17) is 4.42 Å². The van der Waals surface area contributed by atoms with E-state index in [-0.39, 0.29) is 0 Å². The summed E-state index contributed by atoms with van der Waals surface area (Å²) in [5, 5.41) is 11.4. The van der Waals surface area contributed by atoms with E-state index < -0.39 is 6.10 Å². The van der Waals surface area contributed by atoms with Crippen LogP contribution in [0.15, 0.2) is 40.3 Å². The van der Waals surface area contributed by atoms with E-state index >= 15 is 0 Å². The summed E-state index contributed by atoms with van der Waals surface area (Å²) in [6, 6.07) is 8.07. The van der Waals surface area contributed by atoms with Crippen LogP contribution >= 0.6 is 0 Å². The maximum Gasteiger partial charge on any atom is 0.134 e. The highest BCUT2D eigenvalue weighted by Crippen LogP contribution is 2.31. The van der Waals surface area contributed by atoms with Crippen LogP contribution in [0.3, 0.4) is 0 Å². The summed E-state index contributed by atoms with van der Waals surface area (Å²) >= 11 is 0. The third kappa shape index (κ3) is 2.74. The number of aliphatic hydroxyl groups is 1. The third-order valence-corrected chi connectivity index (χ3v) is 3.86. The van der Waals surface area contributed by atoms with Gasteiger partial charge in [-0.25, -0.2) is 0 Å². The monoisotopic (exact) mass is 256 g/mol. The van der Waals surface area contributed by atoms with Gasteiger partial charge in [-0.05, 0) is 50.8 Å². The molecule has 1 N–H and O–H groups in total. The van der Waals surface area contributed by atoms with Crippen LogP contribution in [0.4, 0.5) is 0 Å². The normalized spacial score (nSPS) is 17.5. The zero-order chi connectivity index (χ0) is 13.2. The van der Waals surface area contributed by atoms with Gasteiger partial charge < -0.3 is 9.52 Å². The van der Waals surface area contributed by atoms with Gasteiger partial charge in [0.15, 0.2) is 0 Å². The largest absolute Gasteiger partial charge is 0.458 e. The second kappa shape index (κ2) is 5.22. The number of allylic oxidation sites excluding steroid dienone is 1. The van der Waals surface area contributed by atoms with Gasteiger partial charge in [-0.3, -0.25) is 0 Å². The summed E-state index contributed by atoms with van der Waals surface area (Å²) < 4.78 is 5.75. The number of hydrogen-bond acceptors (Lipinski definition) is 2. The number of hydrogen-bond donors (Lipinski definition) is 1. The number of aliphatic hydroxyl groups excluding tert-OH is 1. The molecule has 2 heteroatoms. The highest BCUT2D eigenvalue weighted by molar-refractivity contribution is 5.78. The lowest BCUT2D eigenvalue weighted by atomic mass is 9.94. The molecule has 1 aliphatic rings. The SMILES string of the molecule is Cc1ccc2oc(C(O)CC3=CCCCC3)cc2c1. The van der Waals surface area contributed by atoms with Gasteiger partial charge in [0, 0.05) is 11.8 Å². The average Bonchev–Trinajstić information content (AvgIpc) is 2.83. The van der Waals surface area contributed by atoms with E-state index in [9.17, 15) is 5.11 Å². The fourth-order valence-electron chi connectivity index (χ4n) is 2.79. The molecular weight excluding hydrogens is 236 g/mol. The Balaban J connectivity index is 1.80. The molecule has 0 bridgehead atoms. The molecule has 2 nitrogen and oxygen atoms in total. The number of benzene rings is 1. The fraction of sp³-hybridized carbons (Fsp3) is 0.412. The van der Waals surface area contributed by atoms with Gasteiger partial charge in [-0.15, -0.1) is 0 Å². The van der Waals surface area contributed by atoms with Crippen LogP contribution in [0.5, 0.6) is 0 Å². The van der Waals surface area contributed by atoms with Crippen molar-refractivity contribution in [1.82, 2.24) is 0 Å². The summed E-state index contributed by atoms with van der Waals surface area (Å²) in [4.78, 5) is 0. The van der Waals surface area contributed by atoms with Gasteiger partial charge in [-0.1, -0.05) is 23.3 Å². The van der Waals surface area contributed by atoms with Gasteiger partial charge in [0.05, 0.1) is 0 Å². The lowest BCUT2D eigenvalue weighted by Gasteiger charge is -2.15. The smallest absolute Gasteiger partial charge is 0.134 e. The predicted octanol–water partition coefficient (Wildman–Crippen LogP) is 4.67. The second-order valence-corrected chi connectivity index (χ2v) is 5.52. The van der Waals surface area contributed by atoms with Crippen LogP contribution < -0.4 is 0 Å². The first-order valence-electron chi connectivity index (χ1n) is 7.08. The topological polar surface area (TPSA) is 33.4 Å². The molecule has 0 fully saturated rings. The van der Waals surface area contributed by atoms with E-state index in [1.165, 1.54) is 24.0 Å². The van der Waals surface area contributed by atoms with Gasteiger partial charge in [0.1, 0.15) is 17.4 Å². The lowest BCUT2D eigenvalue weighted by molar-refractivity contribution is 0.151. The molecule has 0 amide bonds. The van der Waals surface area contributed by atoms with E-state index in [0.717, 1.165) is 23.8 Å². The van der Waals surface area contributed by atoms with Crippen LogP contribution in [-0.4, -0.2) is 5.11 Å². The molecule has 1 heterocycles. The Kier molecular flexibility index (Phi) is 3.43. The highest BCUT2D eigenvalue weighted by atomic mass is 16.4. The first-order valence-corrected chi connectivity index (χ1v) is 7.08. The molecule has 19 heavy (non-hydrogen) atoms. The second-order valence-electron chi connectivity index (χ2n) is 5.52. The Hall–Kier alpha value is -1.54. The number of rotatable bonds is 3. The molecule has 0 saturated carbocycles. The van der Waals surface area contributed by atoms with Crippen molar-refractivity contribution in [1.29, 1.82) is 0 Å². The van der Waals surface area contributed by atoms with Gasteiger partial charge in [-0.2, -0.15) is 0 Å². The number of fused-ring (bicyclic) bond motifs is 1. The molecular formula is C17H20O2. The summed E-state index contributed by atoms with van der Waals surface area (Å²) in [5.41, 5.74) is 3.44. The van der Waals surface area contributed by atoms with Gasteiger partial charge in [0.2, 0.25) is 0 Å². The lowest BCUT2D eigenvalue weighted by Crippen LogP contribution is -2.00. The Bertz CT molecular complexity index is 607. The molecule has 2 aromatic rings. The molecule has 100 valence electrons. The van der Waals surface area contributed by atoms with Crippen molar-refractivity contribution in [2.24, 2.45) is 0 Å². The van der Waals surface area contributed by atoms with Crippen molar-refractivity contribution in [3.63, 3.8) is 0 Å². The van der Waals surface area contributed by atoms with Crippen LogP contribution in [-0.2, 0) is 0 Å². The molecule has 1 unspecified atom stereocenters.